The van der Waals surface area contributed by atoms with Crippen molar-refractivity contribution in [3.63, 3.8) is 0 Å². The average molecular weight is 295 g/mol. The van der Waals surface area contributed by atoms with E-state index in [0.29, 0.717) is 11.6 Å². The number of rotatable bonds is 6. The van der Waals surface area contributed by atoms with Gasteiger partial charge in [-0.1, -0.05) is 30.3 Å². The number of imidazole rings is 1. The third-order valence-electron chi connectivity index (χ3n) is 3.26. The van der Waals surface area contributed by atoms with Gasteiger partial charge in [0.05, 0.1) is 12.0 Å². The van der Waals surface area contributed by atoms with Crippen molar-refractivity contribution in [3.8, 4) is 11.3 Å². The number of nitrogens with one attached hydrogen (secondary N) is 2. The quantitative estimate of drug-likeness (QED) is 0.683. The molecule has 1 aromatic carbocycles. The lowest BCUT2D eigenvalue weighted by atomic mass is 10.1. The Morgan fingerprint density at radius 1 is 1.23 bits per heavy atom. The highest BCUT2D eigenvalue weighted by atomic mass is 16.1. The fraction of sp³-hybridized carbons (Fsp3) is 0.188. The first-order chi connectivity index (χ1) is 10.8. The molecule has 0 aliphatic rings. The Hall–Kier alpha value is -2.89. The van der Waals surface area contributed by atoms with Crippen molar-refractivity contribution in [2.24, 2.45) is 0 Å². The molecule has 22 heavy (non-hydrogen) atoms. The van der Waals surface area contributed by atoms with E-state index in [-0.39, 0.29) is 5.56 Å². The topological polar surface area (TPSA) is 75.6 Å². The van der Waals surface area contributed by atoms with Gasteiger partial charge in [-0.25, -0.2) is 9.97 Å². The number of nitrogens with zero attached hydrogens (tertiary/aromatic N) is 3. The van der Waals surface area contributed by atoms with Crippen molar-refractivity contribution in [2.45, 2.75) is 13.0 Å². The smallest absolute Gasteiger partial charge is 0.252 e. The van der Waals surface area contributed by atoms with E-state index in [0.717, 1.165) is 25.1 Å². The normalized spacial score (nSPS) is 10.5. The van der Waals surface area contributed by atoms with Gasteiger partial charge in [0.15, 0.2) is 0 Å². The van der Waals surface area contributed by atoms with E-state index in [4.69, 9.17) is 0 Å². The third kappa shape index (κ3) is 3.60. The van der Waals surface area contributed by atoms with Crippen LogP contribution in [0.1, 0.15) is 6.42 Å². The van der Waals surface area contributed by atoms with Crippen LogP contribution in [0.5, 0.6) is 0 Å². The van der Waals surface area contributed by atoms with Gasteiger partial charge in [-0.2, -0.15) is 0 Å². The molecule has 0 spiro atoms. The van der Waals surface area contributed by atoms with Gasteiger partial charge in [0, 0.05) is 37.1 Å². The summed E-state index contributed by atoms with van der Waals surface area (Å²) in [5.74, 6) is 0.497. The molecular weight excluding hydrogens is 278 g/mol. The van der Waals surface area contributed by atoms with Crippen molar-refractivity contribution in [2.75, 3.05) is 11.9 Å². The summed E-state index contributed by atoms with van der Waals surface area (Å²) in [6.45, 7) is 1.59. The standard InChI is InChI=1S/C16H17N5O/c22-15-11-14(13-5-2-1-3-6-13)19-16(20-15)18-7-4-9-21-10-8-17-12-21/h1-3,5-6,8,10-12H,4,7,9H2,(H2,18,19,20,22). The molecule has 0 saturated heterocycles. The number of hydrogen-bond donors (Lipinski definition) is 2. The van der Waals surface area contributed by atoms with Gasteiger partial charge in [-0.15, -0.1) is 0 Å². The second-order valence-corrected chi connectivity index (χ2v) is 4.93. The van der Waals surface area contributed by atoms with E-state index < -0.39 is 0 Å². The van der Waals surface area contributed by atoms with E-state index in [1.54, 1.807) is 12.5 Å². The molecule has 0 bridgehead atoms. The number of anilines is 1. The highest BCUT2D eigenvalue weighted by molar-refractivity contribution is 5.59. The van der Waals surface area contributed by atoms with Crippen molar-refractivity contribution < 1.29 is 0 Å². The Bertz CT molecular complexity index is 765. The summed E-state index contributed by atoms with van der Waals surface area (Å²) in [6, 6.07) is 11.2. The van der Waals surface area contributed by atoms with Crippen LogP contribution in [0.2, 0.25) is 0 Å². The van der Waals surface area contributed by atoms with Gasteiger partial charge in [0.25, 0.3) is 5.56 Å². The average Bonchev–Trinajstić information content (AvgIpc) is 3.05. The third-order valence-corrected chi connectivity index (χ3v) is 3.26. The second kappa shape index (κ2) is 6.71. The number of aromatic amines is 1. The second-order valence-electron chi connectivity index (χ2n) is 4.93. The summed E-state index contributed by atoms with van der Waals surface area (Å²) in [5, 5.41) is 3.16. The highest BCUT2D eigenvalue weighted by Gasteiger charge is 2.03. The first-order valence-electron chi connectivity index (χ1n) is 7.18. The molecule has 112 valence electrons. The number of benzene rings is 1. The first-order valence-corrected chi connectivity index (χ1v) is 7.18. The van der Waals surface area contributed by atoms with Crippen LogP contribution in [-0.4, -0.2) is 26.1 Å². The predicted molar refractivity (Wildman–Crippen MR) is 85.6 cm³/mol. The molecule has 6 heteroatoms. The minimum atomic E-state index is -0.161. The van der Waals surface area contributed by atoms with E-state index in [1.165, 1.54) is 6.07 Å². The lowest BCUT2D eigenvalue weighted by Crippen LogP contribution is -2.14. The molecule has 3 aromatic rings. The number of aromatic nitrogens is 4. The molecule has 3 rings (SSSR count). The minimum absolute atomic E-state index is 0.161. The van der Waals surface area contributed by atoms with Crippen molar-refractivity contribution in [1.82, 2.24) is 19.5 Å². The van der Waals surface area contributed by atoms with Crippen LogP contribution in [0.15, 0.2) is 59.9 Å². The summed E-state index contributed by atoms with van der Waals surface area (Å²) < 4.78 is 2.01. The maximum absolute atomic E-state index is 11.8. The summed E-state index contributed by atoms with van der Waals surface area (Å²) in [6.07, 6.45) is 6.39. The molecule has 0 aliphatic heterocycles. The molecule has 2 N–H and O–H groups in total. The van der Waals surface area contributed by atoms with Crippen LogP contribution in [-0.2, 0) is 6.54 Å². The van der Waals surface area contributed by atoms with Gasteiger partial charge in [0.2, 0.25) is 5.95 Å². The molecule has 0 unspecified atom stereocenters. The Morgan fingerprint density at radius 3 is 2.86 bits per heavy atom. The molecule has 0 fully saturated rings. The molecule has 0 saturated carbocycles. The Kier molecular flexibility index (Phi) is 4.29. The maximum atomic E-state index is 11.8. The van der Waals surface area contributed by atoms with Gasteiger partial charge in [0.1, 0.15) is 0 Å². The Morgan fingerprint density at radius 2 is 2.09 bits per heavy atom. The largest absolute Gasteiger partial charge is 0.356 e. The SMILES string of the molecule is O=c1cc(-c2ccccc2)nc(NCCCn2ccnc2)[nH]1. The molecular formula is C16H17N5O. The number of aryl methyl sites for hydroxylation is 1. The van der Waals surface area contributed by atoms with Crippen LogP contribution >= 0.6 is 0 Å². The number of H-pyrrole nitrogens is 1. The zero-order chi connectivity index (χ0) is 15.2. The lowest BCUT2D eigenvalue weighted by Gasteiger charge is -2.07. The molecule has 0 radical (unpaired) electrons. The predicted octanol–water partition coefficient (Wildman–Crippen LogP) is 2.14. The van der Waals surface area contributed by atoms with Crippen molar-refractivity contribution in [3.05, 3.63) is 65.5 Å². The van der Waals surface area contributed by atoms with Gasteiger partial charge in [-0.05, 0) is 6.42 Å². The van der Waals surface area contributed by atoms with Crippen molar-refractivity contribution in [1.29, 1.82) is 0 Å². The van der Waals surface area contributed by atoms with E-state index in [9.17, 15) is 4.79 Å². The zero-order valence-electron chi connectivity index (χ0n) is 12.1. The fourth-order valence-corrected chi connectivity index (χ4v) is 2.19. The maximum Gasteiger partial charge on any atom is 0.252 e. The monoisotopic (exact) mass is 295 g/mol. The van der Waals surface area contributed by atoms with E-state index >= 15 is 0 Å². The van der Waals surface area contributed by atoms with Crippen LogP contribution in [0, 0.1) is 0 Å². The number of hydrogen-bond acceptors (Lipinski definition) is 4. The fourth-order valence-electron chi connectivity index (χ4n) is 2.19. The van der Waals surface area contributed by atoms with Crippen LogP contribution in [0.4, 0.5) is 5.95 Å². The molecule has 6 nitrogen and oxygen atoms in total. The van der Waals surface area contributed by atoms with E-state index in [1.807, 2.05) is 41.1 Å². The summed E-state index contributed by atoms with van der Waals surface area (Å²) >= 11 is 0. The first kappa shape index (κ1) is 14.1. The lowest BCUT2D eigenvalue weighted by molar-refractivity contribution is 0.659. The van der Waals surface area contributed by atoms with Crippen LogP contribution < -0.4 is 10.9 Å². The Balaban J connectivity index is 1.64. The minimum Gasteiger partial charge on any atom is -0.356 e. The van der Waals surface area contributed by atoms with Crippen LogP contribution in [0.3, 0.4) is 0 Å². The summed E-state index contributed by atoms with van der Waals surface area (Å²) in [7, 11) is 0. The molecule has 0 aliphatic carbocycles. The molecule has 2 heterocycles. The summed E-state index contributed by atoms with van der Waals surface area (Å²) in [5.41, 5.74) is 1.43. The highest BCUT2D eigenvalue weighted by Crippen LogP contribution is 2.15. The van der Waals surface area contributed by atoms with E-state index in [2.05, 4.69) is 20.3 Å². The van der Waals surface area contributed by atoms with Gasteiger partial charge < -0.3 is 9.88 Å². The van der Waals surface area contributed by atoms with Gasteiger partial charge >= 0.3 is 0 Å². The molecule has 0 amide bonds. The molecule has 0 atom stereocenters. The van der Waals surface area contributed by atoms with Crippen molar-refractivity contribution >= 4 is 5.95 Å². The Labute approximate surface area is 127 Å². The zero-order valence-corrected chi connectivity index (χ0v) is 12.1. The van der Waals surface area contributed by atoms with Crippen LogP contribution in [0.25, 0.3) is 11.3 Å². The van der Waals surface area contributed by atoms with Gasteiger partial charge in [-0.3, -0.25) is 9.78 Å². The molecule has 2 aromatic heterocycles. The summed E-state index contributed by atoms with van der Waals surface area (Å²) in [4.78, 5) is 22.9.